The van der Waals surface area contributed by atoms with Crippen LogP contribution in [-0.2, 0) is 11.2 Å². The average Bonchev–Trinajstić information content (AvgIpc) is 3.40. The Bertz CT molecular complexity index is 1330. The zero-order chi connectivity index (χ0) is 25.2. The first kappa shape index (κ1) is 23.8. The quantitative estimate of drug-likeness (QED) is 0.543. The number of nitriles is 1. The van der Waals surface area contributed by atoms with Crippen molar-refractivity contribution in [3.05, 3.63) is 59.7 Å². The summed E-state index contributed by atoms with van der Waals surface area (Å²) in [4.78, 5) is 14.2. The highest BCUT2D eigenvalue weighted by molar-refractivity contribution is 5.92. The molecular formula is C27H28FN5O3. The van der Waals surface area contributed by atoms with E-state index in [2.05, 4.69) is 10.4 Å². The van der Waals surface area contributed by atoms with Crippen molar-refractivity contribution in [2.24, 2.45) is 0 Å². The Morgan fingerprint density at radius 2 is 2.03 bits per heavy atom. The lowest BCUT2D eigenvalue weighted by atomic mass is 9.92. The predicted octanol–water partition coefficient (Wildman–Crippen LogP) is 5.19. The van der Waals surface area contributed by atoms with E-state index in [0.29, 0.717) is 30.3 Å². The summed E-state index contributed by atoms with van der Waals surface area (Å²) in [7, 11) is 1.36. The van der Waals surface area contributed by atoms with Crippen LogP contribution in [0.15, 0.2) is 42.7 Å². The minimum Gasteiger partial charge on any atom is -0.453 e. The van der Waals surface area contributed by atoms with Crippen molar-refractivity contribution in [2.45, 2.75) is 44.7 Å². The summed E-state index contributed by atoms with van der Waals surface area (Å²) in [5.41, 5.74) is 3.30. The number of halogens is 1. The molecule has 9 heteroatoms. The molecule has 36 heavy (non-hydrogen) atoms. The summed E-state index contributed by atoms with van der Waals surface area (Å²) in [6.45, 7) is 3.87. The Morgan fingerprint density at radius 3 is 2.75 bits per heavy atom. The Hall–Kier alpha value is -3.90. The number of nitrogens with zero attached hydrogens (tertiary/aromatic N) is 4. The minimum atomic E-state index is -0.628. The van der Waals surface area contributed by atoms with Gasteiger partial charge >= 0.3 is 6.09 Å². The van der Waals surface area contributed by atoms with Crippen LogP contribution < -0.4 is 15.0 Å². The van der Waals surface area contributed by atoms with Crippen LogP contribution in [-0.4, -0.2) is 42.1 Å². The molecule has 1 N–H and O–H groups in total. The molecule has 1 atom stereocenters. The number of hydrogen-bond donors (Lipinski definition) is 1. The third-order valence-corrected chi connectivity index (χ3v) is 6.99. The van der Waals surface area contributed by atoms with Crippen molar-refractivity contribution in [1.29, 1.82) is 5.26 Å². The smallest absolute Gasteiger partial charge is 0.414 e. The number of carbonyl (C=O) groups excluding carboxylic acids is 1. The molecule has 0 bridgehead atoms. The van der Waals surface area contributed by atoms with Gasteiger partial charge in [-0.1, -0.05) is 0 Å². The van der Waals surface area contributed by atoms with Crippen LogP contribution in [0.2, 0.25) is 0 Å². The van der Waals surface area contributed by atoms with E-state index in [1.165, 1.54) is 19.2 Å². The summed E-state index contributed by atoms with van der Waals surface area (Å²) in [6, 6.07) is 10.1. The number of ether oxygens (including phenoxy) is 2. The number of hydrogen-bond acceptors (Lipinski definition) is 6. The second kappa shape index (κ2) is 9.99. The Kier molecular flexibility index (Phi) is 6.61. The number of aromatic nitrogens is 2. The van der Waals surface area contributed by atoms with Gasteiger partial charge in [-0.25, -0.2) is 9.18 Å². The molecule has 1 unspecified atom stereocenters. The summed E-state index contributed by atoms with van der Waals surface area (Å²) in [6.07, 6.45) is 6.69. The number of benzene rings is 2. The number of amides is 1. The van der Waals surface area contributed by atoms with Gasteiger partial charge < -0.3 is 14.8 Å². The standard InChI is InChI=1S/C27H28FN5O3/c1-17-3-5-22-24(33(17)27(34)35-2)7-6-21(19-15-31-32(16-19)20-9-11-30-12-10-20)26(22)36-25-8-4-18(14-29)13-23(25)28/h4,6-8,13,15-17,20,30H,3,5,9-12H2,1-2H3. The maximum absolute atomic E-state index is 14.9. The van der Waals surface area contributed by atoms with Crippen LogP contribution >= 0.6 is 0 Å². The van der Waals surface area contributed by atoms with Crippen LogP contribution in [0.25, 0.3) is 11.1 Å². The Balaban J connectivity index is 1.62. The second-order valence-corrected chi connectivity index (χ2v) is 9.22. The van der Waals surface area contributed by atoms with Gasteiger partial charge in [0, 0.05) is 28.9 Å². The summed E-state index contributed by atoms with van der Waals surface area (Å²) in [5, 5.41) is 17.1. The lowest BCUT2D eigenvalue weighted by molar-refractivity contribution is 0.175. The van der Waals surface area contributed by atoms with Gasteiger partial charge in [0.25, 0.3) is 0 Å². The number of methoxy groups -OCH3 is 1. The monoisotopic (exact) mass is 489 g/mol. The highest BCUT2D eigenvalue weighted by Crippen LogP contribution is 2.45. The predicted molar refractivity (Wildman–Crippen MR) is 133 cm³/mol. The van der Waals surface area contributed by atoms with Gasteiger partial charge in [0.1, 0.15) is 5.75 Å². The topological polar surface area (TPSA) is 92.4 Å². The van der Waals surface area contributed by atoms with Crippen molar-refractivity contribution in [1.82, 2.24) is 15.1 Å². The fraction of sp³-hybridized carbons (Fsp3) is 0.370. The number of nitrogens with one attached hydrogen (secondary N) is 1. The third-order valence-electron chi connectivity index (χ3n) is 6.99. The average molecular weight is 490 g/mol. The van der Waals surface area contributed by atoms with Gasteiger partial charge in [0.2, 0.25) is 0 Å². The molecule has 2 aliphatic heterocycles. The Morgan fingerprint density at radius 1 is 1.22 bits per heavy atom. The molecular weight excluding hydrogens is 461 g/mol. The van der Waals surface area contributed by atoms with E-state index in [-0.39, 0.29) is 17.4 Å². The Labute approximate surface area is 209 Å². The van der Waals surface area contributed by atoms with Crippen LogP contribution in [0, 0.1) is 17.1 Å². The molecule has 1 amide bonds. The maximum atomic E-state index is 14.9. The molecule has 3 heterocycles. The van der Waals surface area contributed by atoms with Crippen LogP contribution in [0.5, 0.6) is 11.5 Å². The highest BCUT2D eigenvalue weighted by atomic mass is 19.1. The van der Waals surface area contributed by atoms with Gasteiger partial charge in [-0.15, -0.1) is 0 Å². The molecule has 2 aliphatic rings. The number of anilines is 1. The van der Waals surface area contributed by atoms with Gasteiger partial charge in [-0.3, -0.25) is 9.58 Å². The van der Waals surface area contributed by atoms with E-state index >= 15 is 0 Å². The lowest BCUT2D eigenvalue weighted by Crippen LogP contribution is -2.42. The SMILES string of the molecule is COC(=O)N1c2ccc(-c3cnn(C4CCNCC4)c3)c(Oc3ccc(C#N)cc3F)c2CCC1C. The van der Waals surface area contributed by atoms with Crippen molar-refractivity contribution in [3.63, 3.8) is 0 Å². The van der Waals surface area contributed by atoms with Gasteiger partial charge in [-0.05, 0) is 76.0 Å². The first-order chi connectivity index (χ1) is 17.5. The zero-order valence-corrected chi connectivity index (χ0v) is 20.3. The molecule has 0 radical (unpaired) electrons. The normalized spacial score (nSPS) is 17.8. The van der Waals surface area contributed by atoms with E-state index in [0.717, 1.165) is 48.7 Å². The van der Waals surface area contributed by atoms with E-state index in [9.17, 15) is 9.18 Å². The fourth-order valence-electron chi connectivity index (χ4n) is 5.04. The van der Waals surface area contributed by atoms with E-state index in [1.807, 2.05) is 36.0 Å². The van der Waals surface area contributed by atoms with Gasteiger partial charge in [0.15, 0.2) is 11.6 Å². The van der Waals surface area contributed by atoms with Crippen molar-refractivity contribution < 1.29 is 18.7 Å². The second-order valence-electron chi connectivity index (χ2n) is 9.22. The molecule has 0 saturated carbocycles. The van der Waals surface area contributed by atoms with Gasteiger partial charge in [0.05, 0.1) is 36.7 Å². The molecule has 2 aromatic carbocycles. The van der Waals surface area contributed by atoms with E-state index < -0.39 is 11.9 Å². The van der Waals surface area contributed by atoms with Crippen LogP contribution in [0.3, 0.4) is 0 Å². The molecule has 1 saturated heterocycles. The summed E-state index contributed by atoms with van der Waals surface area (Å²) in [5.74, 6) is -0.142. The molecule has 1 fully saturated rings. The molecule has 3 aromatic rings. The number of fused-ring (bicyclic) bond motifs is 1. The number of carbonyl (C=O) groups is 1. The van der Waals surface area contributed by atoms with Crippen molar-refractivity contribution >= 4 is 11.8 Å². The lowest BCUT2D eigenvalue weighted by Gasteiger charge is -2.35. The minimum absolute atomic E-state index is 0.0117. The van der Waals surface area contributed by atoms with Gasteiger partial charge in [-0.2, -0.15) is 10.4 Å². The molecule has 8 nitrogen and oxygen atoms in total. The fourth-order valence-corrected chi connectivity index (χ4v) is 5.04. The van der Waals surface area contributed by atoms with Crippen molar-refractivity contribution in [2.75, 3.05) is 25.1 Å². The third kappa shape index (κ3) is 4.40. The zero-order valence-electron chi connectivity index (χ0n) is 20.3. The maximum Gasteiger partial charge on any atom is 0.414 e. The first-order valence-corrected chi connectivity index (χ1v) is 12.2. The number of piperidine rings is 1. The van der Waals surface area contributed by atoms with E-state index in [4.69, 9.17) is 14.7 Å². The summed E-state index contributed by atoms with van der Waals surface area (Å²) >= 11 is 0. The molecule has 186 valence electrons. The van der Waals surface area contributed by atoms with E-state index in [1.54, 1.807) is 11.1 Å². The molecule has 1 aromatic heterocycles. The molecule has 5 rings (SSSR count). The number of rotatable bonds is 4. The first-order valence-electron chi connectivity index (χ1n) is 12.2. The molecule has 0 aliphatic carbocycles. The van der Waals surface area contributed by atoms with Crippen LogP contribution in [0.1, 0.15) is 43.4 Å². The largest absolute Gasteiger partial charge is 0.453 e. The molecule has 0 spiro atoms. The highest BCUT2D eigenvalue weighted by Gasteiger charge is 2.33. The summed E-state index contributed by atoms with van der Waals surface area (Å²) < 4.78 is 28.1. The van der Waals surface area contributed by atoms with Crippen LogP contribution in [0.4, 0.5) is 14.9 Å². The van der Waals surface area contributed by atoms with Crippen molar-refractivity contribution in [3.8, 4) is 28.7 Å².